The summed E-state index contributed by atoms with van der Waals surface area (Å²) >= 11 is 0. The molecule has 62 valence electrons. The van der Waals surface area contributed by atoms with Crippen LogP contribution < -0.4 is 5.73 Å². The number of anilines is 1. The van der Waals surface area contributed by atoms with Crippen LogP contribution in [-0.4, -0.2) is 19.0 Å². The van der Waals surface area contributed by atoms with Gasteiger partial charge in [-0.25, -0.2) is 0 Å². The van der Waals surface area contributed by atoms with Crippen LogP contribution >= 0.6 is 0 Å². The van der Waals surface area contributed by atoms with Crippen molar-refractivity contribution in [1.82, 2.24) is 0 Å². The summed E-state index contributed by atoms with van der Waals surface area (Å²) in [4.78, 5) is 14.3. The Balaban J connectivity index is 3.18. The number of nitrogen functional groups attached to an aromatic ring is 1. The smallest absolute Gasteiger partial charge is 0.168 e. The van der Waals surface area contributed by atoms with Gasteiger partial charge in [-0.15, -0.1) is 0 Å². The lowest BCUT2D eigenvalue weighted by Gasteiger charge is -2.01. The molecule has 0 aliphatic heterocycles. The Hall–Kier alpha value is -1.64. The van der Waals surface area contributed by atoms with Gasteiger partial charge < -0.3 is 5.73 Å². The van der Waals surface area contributed by atoms with E-state index in [0.29, 0.717) is 23.2 Å². The first-order chi connectivity index (χ1) is 5.79. The molecular formula is C9H10N2O. The fourth-order valence-electron chi connectivity index (χ4n) is 0.967. The Morgan fingerprint density at radius 1 is 1.50 bits per heavy atom. The van der Waals surface area contributed by atoms with Gasteiger partial charge in [0.15, 0.2) is 6.29 Å². The molecule has 0 unspecified atom stereocenters. The average Bonchev–Trinajstić information content (AvgIpc) is 2.10. The zero-order valence-electron chi connectivity index (χ0n) is 6.82. The lowest BCUT2D eigenvalue weighted by molar-refractivity contribution is -0.102. The second-order valence-corrected chi connectivity index (χ2v) is 2.31. The molecule has 0 bridgehead atoms. The molecule has 0 fully saturated rings. The standard InChI is InChI=1S/C9H10N2O/c1-11-9(6-12)7-4-2-3-5-8(7)10/h2-6H,10H2,1H3. The van der Waals surface area contributed by atoms with E-state index in [2.05, 4.69) is 4.99 Å². The number of benzene rings is 1. The predicted octanol–water partition coefficient (Wildman–Crippen LogP) is 0.887. The van der Waals surface area contributed by atoms with Gasteiger partial charge in [-0.2, -0.15) is 0 Å². The van der Waals surface area contributed by atoms with Crippen molar-refractivity contribution in [2.45, 2.75) is 0 Å². The number of aliphatic imine (C=N–C) groups is 1. The highest BCUT2D eigenvalue weighted by atomic mass is 16.1. The van der Waals surface area contributed by atoms with Gasteiger partial charge in [0.1, 0.15) is 5.71 Å². The largest absolute Gasteiger partial charge is 0.398 e. The number of rotatable bonds is 2. The Morgan fingerprint density at radius 2 is 2.17 bits per heavy atom. The maximum Gasteiger partial charge on any atom is 0.168 e. The number of hydrogen-bond acceptors (Lipinski definition) is 3. The molecule has 1 aromatic carbocycles. The summed E-state index contributed by atoms with van der Waals surface area (Å²) < 4.78 is 0. The van der Waals surface area contributed by atoms with Crippen molar-refractivity contribution in [3.05, 3.63) is 29.8 Å². The third kappa shape index (κ3) is 1.50. The highest BCUT2D eigenvalue weighted by Gasteiger charge is 2.03. The summed E-state index contributed by atoms with van der Waals surface area (Å²) in [5.41, 5.74) is 7.28. The minimum atomic E-state index is 0.383. The molecule has 0 saturated carbocycles. The van der Waals surface area contributed by atoms with Crippen molar-refractivity contribution in [2.75, 3.05) is 12.8 Å². The molecule has 0 spiro atoms. The van der Waals surface area contributed by atoms with Crippen LogP contribution in [0.3, 0.4) is 0 Å². The van der Waals surface area contributed by atoms with Crippen LogP contribution in [0.1, 0.15) is 5.56 Å². The lowest BCUT2D eigenvalue weighted by Crippen LogP contribution is -2.05. The number of carbonyl (C=O) groups excluding carboxylic acids is 1. The number of carbonyl (C=O) groups is 1. The van der Waals surface area contributed by atoms with Crippen LogP contribution in [0.2, 0.25) is 0 Å². The molecule has 0 aromatic heterocycles. The Morgan fingerprint density at radius 3 is 2.67 bits per heavy atom. The highest BCUT2D eigenvalue weighted by molar-refractivity contribution is 6.37. The summed E-state index contributed by atoms with van der Waals surface area (Å²) in [5.74, 6) is 0. The fourth-order valence-corrected chi connectivity index (χ4v) is 0.967. The topological polar surface area (TPSA) is 55.5 Å². The molecule has 0 amide bonds. The summed E-state index contributed by atoms with van der Waals surface area (Å²) in [7, 11) is 1.57. The maximum atomic E-state index is 10.5. The van der Waals surface area contributed by atoms with E-state index in [1.807, 2.05) is 12.1 Å². The van der Waals surface area contributed by atoms with Crippen LogP contribution in [0.15, 0.2) is 29.3 Å². The van der Waals surface area contributed by atoms with Gasteiger partial charge in [-0.1, -0.05) is 18.2 Å². The average molecular weight is 162 g/mol. The number of hydrogen-bond donors (Lipinski definition) is 1. The SMILES string of the molecule is CN=C(C=O)c1ccccc1N. The molecule has 0 saturated heterocycles. The molecule has 0 aliphatic carbocycles. The molecule has 0 aliphatic rings. The van der Waals surface area contributed by atoms with Crippen molar-refractivity contribution >= 4 is 17.7 Å². The minimum Gasteiger partial charge on any atom is -0.398 e. The molecule has 0 heterocycles. The lowest BCUT2D eigenvalue weighted by atomic mass is 10.1. The van der Waals surface area contributed by atoms with Crippen molar-refractivity contribution in [1.29, 1.82) is 0 Å². The Labute approximate surface area is 70.9 Å². The van der Waals surface area contributed by atoms with Crippen LogP contribution in [0.4, 0.5) is 5.69 Å². The molecular weight excluding hydrogens is 152 g/mol. The van der Waals surface area contributed by atoms with Crippen LogP contribution in [0.25, 0.3) is 0 Å². The van der Waals surface area contributed by atoms with Crippen molar-refractivity contribution in [3.63, 3.8) is 0 Å². The first-order valence-electron chi connectivity index (χ1n) is 3.56. The zero-order valence-corrected chi connectivity index (χ0v) is 6.82. The van der Waals surface area contributed by atoms with E-state index >= 15 is 0 Å². The summed E-state index contributed by atoms with van der Waals surface area (Å²) in [6.07, 6.45) is 0.700. The number of para-hydroxylation sites is 1. The van der Waals surface area contributed by atoms with E-state index in [1.165, 1.54) is 0 Å². The van der Waals surface area contributed by atoms with Crippen molar-refractivity contribution in [2.24, 2.45) is 4.99 Å². The first kappa shape index (κ1) is 8.46. The van der Waals surface area contributed by atoms with Gasteiger partial charge >= 0.3 is 0 Å². The molecule has 1 aromatic rings. The van der Waals surface area contributed by atoms with Gasteiger partial charge in [0.25, 0.3) is 0 Å². The third-order valence-electron chi connectivity index (χ3n) is 1.59. The number of nitrogens with zero attached hydrogens (tertiary/aromatic N) is 1. The summed E-state index contributed by atoms with van der Waals surface area (Å²) in [5, 5.41) is 0. The molecule has 3 nitrogen and oxygen atoms in total. The van der Waals surface area contributed by atoms with Gasteiger partial charge in [-0.3, -0.25) is 9.79 Å². The monoisotopic (exact) mass is 162 g/mol. The second-order valence-electron chi connectivity index (χ2n) is 2.31. The van der Waals surface area contributed by atoms with E-state index in [0.717, 1.165) is 0 Å². The number of aldehydes is 1. The van der Waals surface area contributed by atoms with E-state index in [-0.39, 0.29) is 0 Å². The highest BCUT2D eigenvalue weighted by Crippen LogP contribution is 2.10. The van der Waals surface area contributed by atoms with E-state index < -0.39 is 0 Å². The zero-order chi connectivity index (χ0) is 8.97. The molecule has 2 N–H and O–H groups in total. The molecule has 12 heavy (non-hydrogen) atoms. The van der Waals surface area contributed by atoms with Crippen LogP contribution in [-0.2, 0) is 4.79 Å². The normalized spacial score (nSPS) is 11.2. The predicted molar refractivity (Wildman–Crippen MR) is 49.4 cm³/mol. The summed E-state index contributed by atoms with van der Waals surface area (Å²) in [6.45, 7) is 0. The molecule has 1 rings (SSSR count). The first-order valence-corrected chi connectivity index (χ1v) is 3.56. The Bertz CT molecular complexity index is 318. The quantitative estimate of drug-likeness (QED) is 0.399. The molecule has 0 radical (unpaired) electrons. The van der Waals surface area contributed by atoms with Gasteiger partial charge in [0.05, 0.1) is 0 Å². The van der Waals surface area contributed by atoms with Gasteiger partial charge in [0, 0.05) is 18.3 Å². The van der Waals surface area contributed by atoms with Gasteiger partial charge in [0.2, 0.25) is 0 Å². The van der Waals surface area contributed by atoms with Crippen LogP contribution in [0.5, 0.6) is 0 Å². The Kier molecular flexibility index (Phi) is 2.58. The molecule has 0 atom stereocenters. The fraction of sp³-hybridized carbons (Fsp3) is 0.111. The second kappa shape index (κ2) is 3.67. The van der Waals surface area contributed by atoms with E-state index in [9.17, 15) is 4.79 Å². The summed E-state index contributed by atoms with van der Waals surface area (Å²) in [6, 6.07) is 7.15. The molecule has 3 heteroatoms. The minimum absolute atomic E-state index is 0.383. The maximum absolute atomic E-state index is 10.5. The van der Waals surface area contributed by atoms with Gasteiger partial charge in [-0.05, 0) is 6.07 Å². The van der Waals surface area contributed by atoms with E-state index in [4.69, 9.17) is 5.73 Å². The number of nitrogens with two attached hydrogens (primary N) is 1. The van der Waals surface area contributed by atoms with Crippen LogP contribution in [0, 0.1) is 0 Å². The third-order valence-corrected chi connectivity index (χ3v) is 1.59. The van der Waals surface area contributed by atoms with E-state index in [1.54, 1.807) is 19.2 Å². The van der Waals surface area contributed by atoms with Crippen molar-refractivity contribution in [3.8, 4) is 0 Å². The van der Waals surface area contributed by atoms with Crippen molar-refractivity contribution < 1.29 is 4.79 Å².